The Morgan fingerprint density at radius 1 is 1.00 bits per heavy atom. The highest BCUT2D eigenvalue weighted by Gasteiger charge is 2.26. The van der Waals surface area contributed by atoms with Crippen molar-refractivity contribution in [3.8, 4) is 0 Å². The third-order valence-corrected chi connectivity index (χ3v) is 5.64. The molecular weight excluding hydrogens is 407 g/mol. The molecule has 1 atom stereocenters. The predicted molar refractivity (Wildman–Crippen MR) is 124 cm³/mol. The molecule has 170 valence electrons. The quantitative estimate of drug-likeness (QED) is 0.337. The molecule has 0 spiro atoms. The molecule has 2 aromatic rings. The molecule has 1 aliphatic rings. The number of nitrogens with one attached hydrogen (secondary N) is 2. The van der Waals surface area contributed by atoms with Crippen LogP contribution in [-0.2, 0) is 4.79 Å². The van der Waals surface area contributed by atoms with Gasteiger partial charge in [-0.05, 0) is 63.4 Å². The molecule has 7 heteroatoms. The molecular formula is C25H31FN4O2. The molecule has 6 nitrogen and oxygen atoms in total. The molecule has 3 rings (SSSR count). The number of hydrogen-bond donors (Lipinski definition) is 2. The molecule has 0 bridgehead atoms. The number of nitrogens with zero attached hydrogens (tertiary/aromatic N) is 2. The lowest BCUT2D eigenvalue weighted by atomic mass is 10.0. The minimum absolute atomic E-state index is 0.0848. The van der Waals surface area contributed by atoms with Crippen LogP contribution in [-0.4, -0.2) is 48.6 Å². The van der Waals surface area contributed by atoms with Crippen molar-refractivity contribution in [3.05, 3.63) is 71.5 Å². The lowest BCUT2D eigenvalue weighted by Crippen LogP contribution is -2.47. The number of piperidine rings is 1. The van der Waals surface area contributed by atoms with E-state index in [2.05, 4.69) is 20.7 Å². The summed E-state index contributed by atoms with van der Waals surface area (Å²) >= 11 is 0. The van der Waals surface area contributed by atoms with E-state index < -0.39 is 0 Å². The van der Waals surface area contributed by atoms with E-state index in [4.69, 9.17) is 0 Å². The number of halogens is 1. The first-order chi connectivity index (χ1) is 15.6. The molecule has 1 fully saturated rings. The molecule has 0 radical (unpaired) electrons. The highest BCUT2D eigenvalue weighted by Crippen LogP contribution is 2.16. The minimum Gasteiger partial charge on any atom is -0.352 e. The van der Waals surface area contributed by atoms with Crippen LogP contribution >= 0.6 is 0 Å². The number of likely N-dealkylation sites (tertiary alicyclic amines) is 1. The molecule has 0 saturated carbocycles. The zero-order valence-corrected chi connectivity index (χ0v) is 18.3. The Hall–Kier alpha value is -3.06. The third kappa shape index (κ3) is 7.27. The predicted octanol–water partition coefficient (Wildman–Crippen LogP) is 3.73. The summed E-state index contributed by atoms with van der Waals surface area (Å²) in [4.78, 5) is 27.2. The summed E-state index contributed by atoms with van der Waals surface area (Å²) < 4.78 is 13.7. The summed E-state index contributed by atoms with van der Waals surface area (Å²) in [6.07, 6.45) is 6.95. The van der Waals surface area contributed by atoms with Crippen molar-refractivity contribution in [2.45, 2.75) is 44.6 Å². The Labute approximate surface area is 188 Å². The Bertz CT molecular complexity index is 898. The first-order valence-corrected chi connectivity index (χ1v) is 11.3. The van der Waals surface area contributed by atoms with Gasteiger partial charge in [0.2, 0.25) is 0 Å². The Balaban J connectivity index is 1.48. The van der Waals surface area contributed by atoms with Crippen LogP contribution < -0.4 is 10.7 Å². The van der Waals surface area contributed by atoms with Crippen molar-refractivity contribution in [3.63, 3.8) is 0 Å². The molecule has 0 aromatic heterocycles. The SMILES string of the molecule is O=C(NCCCCC(C(=O)N/N=C/c1ccccc1F)N1CCCCC1)c1ccccc1. The summed E-state index contributed by atoms with van der Waals surface area (Å²) in [7, 11) is 0. The average Bonchev–Trinajstić information content (AvgIpc) is 2.83. The van der Waals surface area contributed by atoms with Crippen LogP contribution in [0.2, 0.25) is 0 Å². The van der Waals surface area contributed by atoms with Gasteiger partial charge in [0.05, 0.1) is 12.3 Å². The van der Waals surface area contributed by atoms with Crippen LogP contribution in [0, 0.1) is 5.82 Å². The maximum atomic E-state index is 13.7. The molecule has 2 aromatic carbocycles. The number of amides is 2. The average molecular weight is 439 g/mol. The zero-order chi connectivity index (χ0) is 22.6. The topological polar surface area (TPSA) is 73.8 Å². The molecule has 32 heavy (non-hydrogen) atoms. The minimum atomic E-state index is -0.379. The molecule has 0 aliphatic carbocycles. The van der Waals surface area contributed by atoms with E-state index in [0.29, 0.717) is 24.1 Å². The van der Waals surface area contributed by atoms with Crippen LogP contribution in [0.15, 0.2) is 59.7 Å². The van der Waals surface area contributed by atoms with Crippen molar-refractivity contribution in [1.29, 1.82) is 0 Å². The third-order valence-electron chi connectivity index (χ3n) is 5.64. The Morgan fingerprint density at radius 3 is 2.47 bits per heavy atom. The second kappa shape index (κ2) is 12.7. The number of carbonyl (C=O) groups excluding carboxylic acids is 2. The second-order valence-electron chi connectivity index (χ2n) is 7.99. The van der Waals surface area contributed by atoms with E-state index in [1.54, 1.807) is 30.3 Å². The first-order valence-electron chi connectivity index (χ1n) is 11.3. The highest BCUT2D eigenvalue weighted by atomic mass is 19.1. The summed E-state index contributed by atoms with van der Waals surface area (Å²) in [5.74, 6) is -0.637. The van der Waals surface area contributed by atoms with Crippen molar-refractivity contribution in [2.24, 2.45) is 5.10 Å². The van der Waals surface area contributed by atoms with Gasteiger partial charge in [-0.2, -0.15) is 5.10 Å². The van der Waals surface area contributed by atoms with Gasteiger partial charge in [0.1, 0.15) is 5.82 Å². The first kappa shape index (κ1) is 23.6. The summed E-state index contributed by atoms with van der Waals surface area (Å²) in [5.41, 5.74) is 3.56. The van der Waals surface area contributed by atoms with Crippen LogP contribution in [0.3, 0.4) is 0 Å². The normalized spacial score (nSPS) is 15.4. The van der Waals surface area contributed by atoms with Gasteiger partial charge in [-0.1, -0.05) is 42.8 Å². The molecule has 1 saturated heterocycles. The van der Waals surface area contributed by atoms with Crippen LogP contribution in [0.5, 0.6) is 0 Å². The lowest BCUT2D eigenvalue weighted by molar-refractivity contribution is -0.127. The number of hydrogen-bond acceptors (Lipinski definition) is 4. The fourth-order valence-electron chi connectivity index (χ4n) is 3.89. The van der Waals surface area contributed by atoms with E-state index in [0.717, 1.165) is 38.8 Å². The van der Waals surface area contributed by atoms with Gasteiger partial charge in [0, 0.05) is 17.7 Å². The number of hydrazone groups is 1. The zero-order valence-electron chi connectivity index (χ0n) is 18.3. The number of unbranched alkanes of at least 4 members (excludes halogenated alkanes) is 1. The summed E-state index contributed by atoms with van der Waals surface area (Å²) in [5, 5.41) is 6.90. The van der Waals surface area contributed by atoms with Crippen molar-refractivity contribution in [2.75, 3.05) is 19.6 Å². The van der Waals surface area contributed by atoms with Crippen molar-refractivity contribution >= 4 is 18.0 Å². The fraction of sp³-hybridized carbons (Fsp3) is 0.400. The highest BCUT2D eigenvalue weighted by molar-refractivity contribution is 5.94. The van der Waals surface area contributed by atoms with Gasteiger partial charge < -0.3 is 5.32 Å². The monoisotopic (exact) mass is 438 g/mol. The number of carbonyl (C=O) groups is 2. The van der Waals surface area contributed by atoms with E-state index >= 15 is 0 Å². The van der Waals surface area contributed by atoms with Crippen LogP contribution in [0.25, 0.3) is 0 Å². The fourth-order valence-corrected chi connectivity index (χ4v) is 3.89. The Kier molecular flexibility index (Phi) is 9.37. The van der Waals surface area contributed by atoms with E-state index in [9.17, 15) is 14.0 Å². The Morgan fingerprint density at radius 2 is 1.72 bits per heavy atom. The van der Waals surface area contributed by atoms with Gasteiger partial charge in [-0.15, -0.1) is 0 Å². The van der Waals surface area contributed by atoms with Gasteiger partial charge in [0.25, 0.3) is 11.8 Å². The molecule has 2 amide bonds. The van der Waals surface area contributed by atoms with E-state index in [1.165, 1.54) is 18.7 Å². The van der Waals surface area contributed by atoms with Crippen LogP contribution in [0.4, 0.5) is 4.39 Å². The molecule has 2 N–H and O–H groups in total. The lowest BCUT2D eigenvalue weighted by Gasteiger charge is -2.33. The van der Waals surface area contributed by atoms with Gasteiger partial charge >= 0.3 is 0 Å². The second-order valence-corrected chi connectivity index (χ2v) is 7.99. The molecule has 1 heterocycles. The maximum absolute atomic E-state index is 13.7. The van der Waals surface area contributed by atoms with Crippen molar-refractivity contribution < 1.29 is 14.0 Å². The van der Waals surface area contributed by atoms with Gasteiger partial charge in [-0.3, -0.25) is 14.5 Å². The summed E-state index contributed by atoms with van der Waals surface area (Å²) in [6.45, 7) is 2.34. The van der Waals surface area contributed by atoms with Crippen molar-refractivity contribution in [1.82, 2.24) is 15.6 Å². The molecule has 1 aliphatic heterocycles. The number of benzene rings is 2. The van der Waals surface area contributed by atoms with Gasteiger partial charge in [0.15, 0.2) is 0 Å². The van der Waals surface area contributed by atoms with E-state index in [-0.39, 0.29) is 23.7 Å². The largest absolute Gasteiger partial charge is 0.352 e. The van der Waals surface area contributed by atoms with E-state index in [1.807, 2.05) is 18.2 Å². The standard InChI is InChI=1S/C25H31FN4O2/c26-22-14-6-5-13-21(22)19-28-29-25(32)23(30-17-9-2-10-18-30)15-7-8-16-27-24(31)20-11-3-1-4-12-20/h1,3-6,11-14,19,23H,2,7-10,15-18H2,(H,27,31)(H,29,32)/b28-19+. The number of rotatable bonds is 10. The van der Waals surface area contributed by atoms with Crippen LogP contribution in [0.1, 0.15) is 54.4 Å². The smallest absolute Gasteiger partial charge is 0.257 e. The van der Waals surface area contributed by atoms with Gasteiger partial charge in [-0.25, -0.2) is 9.82 Å². The maximum Gasteiger partial charge on any atom is 0.257 e. The molecule has 1 unspecified atom stereocenters. The summed E-state index contributed by atoms with van der Waals surface area (Å²) in [6, 6.07) is 15.1.